The summed E-state index contributed by atoms with van der Waals surface area (Å²) in [4.78, 5) is 23.4. The molecule has 0 bridgehead atoms. The van der Waals surface area contributed by atoms with E-state index in [-0.39, 0.29) is 11.9 Å². The van der Waals surface area contributed by atoms with Crippen LogP contribution >= 0.6 is 11.3 Å². The predicted octanol–water partition coefficient (Wildman–Crippen LogP) is 3.53. The Hall–Kier alpha value is -1.75. The van der Waals surface area contributed by atoms with Crippen molar-refractivity contribution in [3.63, 3.8) is 0 Å². The second-order valence-corrected chi connectivity index (χ2v) is 6.83. The van der Waals surface area contributed by atoms with Gasteiger partial charge in [-0.1, -0.05) is 12.8 Å². The summed E-state index contributed by atoms with van der Waals surface area (Å²) < 4.78 is 0. The number of carbonyl (C=O) groups is 1. The molecule has 0 saturated carbocycles. The lowest BCUT2D eigenvalue weighted by Crippen LogP contribution is -2.36. The van der Waals surface area contributed by atoms with E-state index < -0.39 is 0 Å². The third-order valence-electron chi connectivity index (χ3n) is 4.16. The summed E-state index contributed by atoms with van der Waals surface area (Å²) in [5.41, 5.74) is 2.09. The highest BCUT2D eigenvalue weighted by Crippen LogP contribution is 2.30. The second kappa shape index (κ2) is 7.01. The third-order valence-corrected chi connectivity index (χ3v) is 4.99. The number of carbonyl (C=O) groups excluding carboxylic acids is 1. The summed E-state index contributed by atoms with van der Waals surface area (Å²) in [6.07, 6.45) is 8.52. The maximum Gasteiger partial charge on any atom is 0.229 e. The van der Waals surface area contributed by atoms with E-state index in [4.69, 9.17) is 0 Å². The number of pyridine rings is 1. The molecule has 3 heterocycles. The highest BCUT2D eigenvalue weighted by Gasteiger charge is 2.27. The van der Waals surface area contributed by atoms with Crippen LogP contribution in [0.3, 0.4) is 0 Å². The van der Waals surface area contributed by atoms with Gasteiger partial charge in [0.05, 0.1) is 23.2 Å². The van der Waals surface area contributed by atoms with Crippen molar-refractivity contribution in [1.82, 2.24) is 14.9 Å². The minimum atomic E-state index is 0.178. The molecule has 0 radical (unpaired) electrons. The molecule has 4 nitrogen and oxygen atoms in total. The van der Waals surface area contributed by atoms with Gasteiger partial charge in [-0.25, -0.2) is 4.98 Å². The Morgan fingerprint density at radius 1 is 1.32 bits per heavy atom. The van der Waals surface area contributed by atoms with Gasteiger partial charge in [0.15, 0.2) is 0 Å². The van der Waals surface area contributed by atoms with Gasteiger partial charge in [-0.05, 0) is 37.5 Å². The second-order valence-electron chi connectivity index (χ2n) is 5.77. The molecule has 1 amide bonds. The number of amides is 1. The fraction of sp³-hybridized carbons (Fsp3) is 0.471. The fourth-order valence-corrected chi connectivity index (χ4v) is 3.70. The zero-order valence-electron chi connectivity index (χ0n) is 12.9. The summed E-state index contributed by atoms with van der Waals surface area (Å²) in [7, 11) is 0. The molecule has 0 unspecified atom stereocenters. The highest BCUT2D eigenvalue weighted by atomic mass is 32.1. The molecule has 5 heteroatoms. The molecule has 0 aliphatic carbocycles. The largest absolute Gasteiger partial charge is 0.335 e. The van der Waals surface area contributed by atoms with Gasteiger partial charge in [0.1, 0.15) is 0 Å². The van der Waals surface area contributed by atoms with Gasteiger partial charge in [-0.2, -0.15) is 0 Å². The number of nitrogens with zero attached hydrogens (tertiary/aromatic N) is 3. The lowest BCUT2D eigenvalue weighted by molar-refractivity contribution is -0.133. The monoisotopic (exact) mass is 315 g/mol. The van der Waals surface area contributed by atoms with Crippen LogP contribution in [0.5, 0.6) is 0 Å². The van der Waals surface area contributed by atoms with E-state index >= 15 is 0 Å². The third kappa shape index (κ3) is 3.53. The van der Waals surface area contributed by atoms with Crippen LogP contribution < -0.4 is 0 Å². The van der Waals surface area contributed by atoms with E-state index in [2.05, 4.69) is 14.9 Å². The Kier molecular flexibility index (Phi) is 4.83. The van der Waals surface area contributed by atoms with Gasteiger partial charge < -0.3 is 4.90 Å². The van der Waals surface area contributed by atoms with Gasteiger partial charge in [0.2, 0.25) is 5.91 Å². The minimum Gasteiger partial charge on any atom is -0.335 e. The van der Waals surface area contributed by atoms with Crippen LogP contribution in [0, 0.1) is 6.92 Å². The molecule has 1 atom stereocenters. The summed E-state index contributed by atoms with van der Waals surface area (Å²) in [5.74, 6) is 0.189. The van der Waals surface area contributed by atoms with E-state index in [9.17, 15) is 4.79 Å². The summed E-state index contributed by atoms with van der Waals surface area (Å²) in [6.45, 7) is 2.82. The average molecular weight is 315 g/mol. The Bertz CT molecular complexity index is 626. The lowest BCUT2D eigenvalue weighted by atomic mass is 10.0. The van der Waals surface area contributed by atoms with E-state index in [0.717, 1.165) is 30.1 Å². The molecule has 0 N–H and O–H groups in total. The summed E-state index contributed by atoms with van der Waals surface area (Å²) in [5, 5.41) is 3.01. The number of aryl methyl sites for hydroxylation is 1. The molecule has 0 aromatic carbocycles. The maximum atomic E-state index is 12.8. The Labute approximate surface area is 135 Å². The zero-order valence-corrected chi connectivity index (χ0v) is 13.7. The Morgan fingerprint density at radius 2 is 2.14 bits per heavy atom. The van der Waals surface area contributed by atoms with Crippen LogP contribution in [0.15, 0.2) is 29.9 Å². The number of hydrogen-bond donors (Lipinski definition) is 0. The molecule has 1 aliphatic heterocycles. The van der Waals surface area contributed by atoms with Crippen LogP contribution in [0.2, 0.25) is 0 Å². The van der Waals surface area contributed by atoms with Crippen LogP contribution in [0.1, 0.15) is 48.0 Å². The van der Waals surface area contributed by atoms with Crippen LogP contribution in [0.4, 0.5) is 0 Å². The van der Waals surface area contributed by atoms with E-state index in [1.54, 1.807) is 11.3 Å². The molecule has 22 heavy (non-hydrogen) atoms. The highest BCUT2D eigenvalue weighted by molar-refractivity contribution is 7.09. The van der Waals surface area contributed by atoms with Crippen molar-refractivity contribution in [3.8, 4) is 0 Å². The van der Waals surface area contributed by atoms with Crippen molar-refractivity contribution in [1.29, 1.82) is 0 Å². The first-order valence-electron chi connectivity index (χ1n) is 7.84. The van der Waals surface area contributed by atoms with E-state index in [1.165, 1.54) is 18.4 Å². The van der Waals surface area contributed by atoms with Gasteiger partial charge >= 0.3 is 0 Å². The first-order chi connectivity index (χ1) is 10.7. The quantitative estimate of drug-likeness (QED) is 0.870. The van der Waals surface area contributed by atoms with Crippen molar-refractivity contribution < 1.29 is 4.79 Å². The number of thiazole rings is 1. The predicted molar refractivity (Wildman–Crippen MR) is 87.7 cm³/mol. The van der Waals surface area contributed by atoms with E-state index in [0.29, 0.717) is 6.42 Å². The number of rotatable bonds is 3. The number of hydrogen-bond acceptors (Lipinski definition) is 4. The average Bonchev–Trinajstić information content (AvgIpc) is 2.80. The van der Waals surface area contributed by atoms with Crippen molar-refractivity contribution in [2.75, 3.05) is 6.54 Å². The molecule has 3 rings (SSSR count). The summed E-state index contributed by atoms with van der Waals surface area (Å²) >= 11 is 1.60. The molecule has 116 valence electrons. The molecule has 1 aliphatic rings. The molecular formula is C17H21N3OS. The smallest absolute Gasteiger partial charge is 0.229 e. The molecule has 2 aromatic rings. The SMILES string of the molecule is Cc1nc(CC(=O)N2CCCCC[C@H]2c2ccncc2)cs1. The van der Waals surface area contributed by atoms with Crippen LogP contribution in [-0.4, -0.2) is 27.3 Å². The first kappa shape index (κ1) is 15.2. The molecule has 1 fully saturated rings. The number of likely N-dealkylation sites (tertiary alicyclic amines) is 1. The lowest BCUT2D eigenvalue weighted by Gasteiger charge is -2.30. The topological polar surface area (TPSA) is 46.1 Å². The zero-order chi connectivity index (χ0) is 15.4. The number of aromatic nitrogens is 2. The van der Waals surface area contributed by atoms with Crippen molar-refractivity contribution in [3.05, 3.63) is 46.2 Å². The van der Waals surface area contributed by atoms with Crippen LogP contribution in [0.25, 0.3) is 0 Å². The van der Waals surface area contributed by atoms with Gasteiger partial charge in [-0.3, -0.25) is 9.78 Å². The standard InChI is InChI=1S/C17H21N3OS/c1-13-19-15(12-22-13)11-17(21)20-10-4-2-3-5-16(20)14-6-8-18-9-7-14/h6-9,12,16H,2-5,10-11H2,1H3/t16-/m0/s1. The van der Waals surface area contributed by atoms with E-state index in [1.807, 2.05) is 36.8 Å². The molecule has 1 saturated heterocycles. The fourth-order valence-electron chi connectivity index (χ4n) is 3.08. The normalized spacial score (nSPS) is 19.0. The van der Waals surface area contributed by atoms with Gasteiger partial charge in [0, 0.05) is 24.3 Å². The van der Waals surface area contributed by atoms with Gasteiger partial charge in [-0.15, -0.1) is 11.3 Å². The van der Waals surface area contributed by atoms with Gasteiger partial charge in [0.25, 0.3) is 0 Å². The van der Waals surface area contributed by atoms with Crippen molar-refractivity contribution in [2.24, 2.45) is 0 Å². The molecule has 2 aromatic heterocycles. The van der Waals surface area contributed by atoms with Crippen LogP contribution in [-0.2, 0) is 11.2 Å². The Morgan fingerprint density at radius 3 is 2.86 bits per heavy atom. The molecular weight excluding hydrogens is 294 g/mol. The van der Waals surface area contributed by atoms with Crippen molar-refractivity contribution in [2.45, 2.75) is 45.1 Å². The summed E-state index contributed by atoms with van der Waals surface area (Å²) in [6, 6.07) is 4.24. The minimum absolute atomic E-state index is 0.178. The maximum absolute atomic E-state index is 12.8. The molecule has 0 spiro atoms. The Balaban J connectivity index is 1.79. The first-order valence-corrected chi connectivity index (χ1v) is 8.72. The van der Waals surface area contributed by atoms with Crippen molar-refractivity contribution >= 4 is 17.2 Å².